The second-order valence-corrected chi connectivity index (χ2v) is 9.35. The van der Waals surface area contributed by atoms with E-state index >= 15 is 0 Å². The molecule has 4 nitrogen and oxygen atoms in total. The summed E-state index contributed by atoms with van der Waals surface area (Å²) in [5.41, 5.74) is -3.78. The first kappa shape index (κ1) is 23.5. The van der Waals surface area contributed by atoms with Gasteiger partial charge in [0.2, 0.25) is 0 Å². The average molecular weight is 436 g/mol. The van der Waals surface area contributed by atoms with E-state index in [4.69, 9.17) is 0 Å². The molecule has 1 aromatic carbocycles. The van der Waals surface area contributed by atoms with E-state index in [1.807, 2.05) is 0 Å². The molecule has 2 aromatic rings. The summed E-state index contributed by atoms with van der Waals surface area (Å²) in [7, 11) is 0. The van der Waals surface area contributed by atoms with Crippen molar-refractivity contribution in [3.63, 3.8) is 0 Å². The largest absolute Gasteiger partial charge is 0.598 e. The zero-order chi connectivity index (χ0) is 22.0. The lowest BCUT2D eigenvalue weighted by molar-refractivity contribution is -0.140. The Labute approximate surface area is 168 Å². The van der Waals surface area contributed by atoms with Crippen LogP contribution in [0.1, 0.15) is 44.0 Å². The fourth-order valence-corrected chi connectivity index (χ4v) is 3.69. The van der Waals surface area contributed by atoms with Crippen LogP contribution in [0.3, 0.4) is 0 Å². The number of rotatable bonds is 6. The number of aromatic nitrogens is 1. The van der Waals surface area contributed by atoms with E-state index in [1.165, 1.54) is 12.3 Å². The topological polar surface area (TPSA) is 68.2 Å². The summed E-state index contributed by atoms with van der Waals surface area (Å²) in [6.45, 7) is 4.32. The SMILES string of the molecule is CC(C)(C)[S@@+]([O-])N[C@@](CCO)(c1ccc(C(F)(F)F)c(F)c1)c1ncccc1F. The van der Waals surface area contributed by atoms with Crippen LogP contribution in [0.5, 0.6) is 0 Å². The quantitative estimate of drug-likeness (QED) is 0.530. The Morgan fingerprint density at radius 1 is 1.10 bits per heavy atom. The predicted octanol–water partition coefficient (Wildman–Crippen LogP) is 4.06. The molecule has 0 unspecified atom stereocenters. The highest BCUT2D eigenvalue weighted by Gasteiger charge is 2.45. The molecule has 2 atom stereocenters. The number of hydrogen-bond acceptors (Lipinski definition) is 4. The molecule has 2 N–H and O–H groups in total. The second kappa shape index (κ2) is 8.55. The molecular formula is C19H21F5N2O2S. The van der Waals surface area contributed by atoms with Gasteiger partial charge < -0.3 is 9.66 Å². The summed E-state index contributed by atoms with van der Waals surface area (Å²) < 4.78 is 82.5. The number of hydrogen-bond donors (Lipinski definition) is 2. The highest BCUT2D eigenvalue weighted by atomic mass is 32.2. The van der Waals surface area contributed by atoms with Gasteiger partial charge in [0, 0.05) is 30.6 Å². The number of alkyl halides is 3. The van der Waals surface area contributed by atoms with Crippen LogP contribution in [-0.4, -0.2) is 26.0 Å². The number of aliphatic hydroxyl groups excluding tert-OH is 1. The number of benzene rings is 1. The standard InChI is InChI=1S/C19H21F5N2O2S/c1-17(2,3)29(28)26-18(8-10-27,16-14(20)5-4-9-25-16)12-6-7-13(15(21)11-12)19(22,23)24/h4-7,9,11,26-27H,8,10H2,1-3H3/t18-,29+/m0/s1. The molecule has 1 heterocycles. The monoisotopic (exact) mass is 436 g/mol. The third-order valence-corrected chi connectivity index (χ3v) is 5.89. The highest BCUT2D eigenvalue weighted by molar-refractivity contribution is 7.90. The van der Waals surface area contributed by atoms with Crippen molar-refractivity contribution in [2.45, 2.75) is 43.7 Å². The Balaban J connectivity index is 2.75. The first-order valence-electron chi connectivity index (χ1n) is 8.61. The van der Waals surface area contributed by atoms with Crippen LogP contribution < -0.4 is 4.72 Å². The summed E-state index contributed by atoms with van der Waals surface area (Å²) in [4.78, 5) is 3.95. The van der Waals surface area contributed by atoms with E-state index in [2.05, 4.69) is 9.71 Å². The smallest absolute Gasteiger partial charge is 0.419 e. The maximum absolute atomic E-state index is 14.7. The number of nitrogens with zero attached hydrogens (tertiary/aromatic N) is 1. The Morgan fingerprint density at radius 2 is 1.76 bits per heavy atom. The van der Waals surface area contributed by atoms with E-state index in [9.17, 15) is 31.6 Å². The van der Waals surface area contributed by atoms with Crippen molar-refractivity contribution in [1.82, 2.24) is 9.71 Å². The Morgan fingerprint density at radius 3 is 2.24 bits per heavy atom. The summed E-state index contributed by atoms with van der Waals surface area (Å²) in [5.74, 6) is -2.42. The predicted molar refractivity (Wildman–Crippen MR) is 99.1 cm³/mol. The van der Waals surface area contributed by atoms with Gasteiger partial charge in [0.05, 0.1) is 5.56 Å². The van der Waals surface area contributed by atoms with Crippen molar-refractivity contribution in [3.05, 3.63) is 65.0 Å². The van der Waals surface area contributed by atoms with Gasteiger partial charge >= 0.3 is 6.18 Å². The van der Waals surface area contributed by atoms with Gasteiger partial charge in [-0.1, -0.05) is 6.07 Å². The van der Waals surface area contributed by atoms with E-state index in [-0.39, 0.29) is 17.7 Å². The lowest BCUT2D eigenvalue weighted by Gasteiger charge is -2.37. The molecule has 0 aliphatic heterocycles. The fraction of sp³-hybridized carbons (Fsp3) is 0.421. The van der Waals surface area contributed by atoms with E-state index in [1.54, 1.807) is 20.8 Å². The molecule has 29 heavy (non-hydrogen) atoms. The van der Waals surface area contributed by atoms with Crippen LogP contribution >= 0.6 is 0 Å². The molecule has 0 saturated carbocycles. The van der Waals surface area contributed by atoms with Crippen molar-refractivity contribution < 1.29 is 31.6 Å². The van der Waals surface area contributed by atoms with Gasteiger partial charge in [-0.2, -0.15) is 13.2 Å². The van der Waals surface area contributed by atoms with Crippen LogP contribution in [0.25, 0.3) is 0 Å². The van der Waals surface area contributed by atoms with Gasteiger partial charge in [-0.3, -0.25) is 4.98 Å². The van der Waals surface area contributed by atoms with E-state index < -0.39 is 51.6 Å². The molecule has 0 bridgehead atoms. The van der Waals surface area contributed by atoms with E-state index in [0.29, 0.717) is 12.1 Å². The summed E-state index contributed by atoms with van der Waals surface area (Å²) in [6, 6.07) is 4.45. The zero-order valence-corrected chi connectivity index (χ0v) is 16.8. The molecule has 1 aromatic heterocycles. The van der Waals surface area contributed by atoms with Gasteiger partial charge in [-0.15, -0.1) is 4.72 Å². The maximum atomic E-state index is 14.7. The van der Waals surface area contributed by atoms with Gasteiger partial charge in [0.1, 0.15) is 27.6 Å². The summed E-state index contributed by atoms with van der Waals surface area (Å²) in [6.07, 6.45) is -3.99. The lowest BCUT2D eigenvalue weighted by Crippen LogP contribution is -2.53. The van der Waals surface area contributed by atoms with Crippen LogP contribution in [0, 0.1) is 11.6 Å². The van der Waals surface area contributed by atoms with Gasteiger partial charge in [-0.05, 0) is 50.6 Å². The summed E-state index contributed by atoms with van der Waals surface area (Å²) >= 11 is -1.86. The molecule has 0 amide bonds. The molecule has 0 aliphatic rings. The molecule has 0 fully saturated rings. The molecule has 10 heteroatoms. The van der Waals surface area contributed by atoms with Gasteiger partial charge in [-0.25, -0.2) is 8.78 Å². The van der Waals surface area contributed by atoms with E-state index in [0.717, 1.165) is 12.1 Å². The molecule has 0 radical (unpaired) electrons. The molecule has 0 aliphatic carbocycles. The highest BCUT2D eigenvalue weighted by Crippen LogP contribution is 2.39. The second-order valence-electron chi connectivity index (χ2n) is 7.39. The first-order chi connectivity index (χ1) is 13.3. The van der Waals surface area contributed by atoms with Crippen LogP contribution in [0.2, 0.25) is 0 Å². The van der Waals surface area contributed by atoms with Crippen molar-refractivity contribution in [3.8, 4) is 0 Å². The van der Waals surface area contributed by atoms with Gasteiger partial charge in [0.25, 0.3) is 0 Å². The van der Waals surface area contributed by atoms with Crippen LogP contribution in [-0.2, 0) is 23.1 Å². The van der Waals surface area contributed by atoms with Crippen molar-refractivity contribution in [2.24, 2.45) is 0 Å². The summed E-state index contributed by atoms with van der Waals surface area (Å²) in [5, 5.41) is 9.62. The van der Waals surface area contributed by atoms with Crippen LogP contribution in [0.15, 0.2) is 36.5 Å². The molecule has 160 valence electrons. The van der Waals surface area contributed by atoms with Gasteiger partial charge in [0.15, 0.2) is 0 Å². The van der Waals surface area contributed by atoms with Crippen molar-refractivity contribution in [1.29, 1.82) is 0 Å². The van der Waals surface area contributed by atoms with Crippen LogP contribution in [0.4, 0.5) is 22.0 Å². The third-order valence-electron chi connectivity index (χ3n) is 4.24. The molecule has 2 rings (SSSR count). The first-order valence-corrected chi connectivity index (χ1v) is 9.76. The molecular weight excluding hydrogens is 415 g/mol. The maximum Gasteiger partial charge on any atom is 0.419 e. The molecule has 0 spiro atoms. The number of aliphatic hydroxyl groups is 1. The minimum absolute atomic E-state index is 0.146. The Bertz CT molecular complexity index is 857. The number of halogens is 5. The Hall–Kier alpha value is -1.75. The third kappa shape index (κ3) is 5.06. The number of pyridine rings is 1. The molecule has 0 saturated heterocycles. The number of nitrogens with one attached hydrogen (secondary N) is 1. The normalized spacial score (nSPS) is 15.8. The van der Waals surface area contributed by atoms with Crippen molar-refractivity contribution in [2.75, 3.05) is 6.61 Å². The zero-order valence-electron chi connectivity index (χ0n) is 16.0. The van der Waals surface area contributed by atoms with Crippen molar-refractivity contribution >= 4 is 11.4 Å². The lowest BCUT2D eigenvalue weighted by atomic mass is 9.83. The average Bonchev–Trinajstić information content (AvgIpc) is 2.59. The Kier molecular flexibility index (Phi) is 6.93. The minimum Gasteiger partial charge on any atom is -0.598 e. The minimum atomic E-state index is -4.92. The fourth-order valence-electron chi connectivity index (χ4n) is 2.75.